The Bertz CT molecular complexity index is 888. The minimum Gasteiger partial charge on any atom is -0.204 e. The molecule has 0 saturated heterocycles. The van der Waals surface area contributed by atoms with Gasteiger partial charge in [-0.1, -0.05) is 54.1 Å². The SMILES string of the molecule is Cc1ccc(C2CCC(c3ccc4c(F)c(F)ccc4c3)CC2)cc1. The van der Waals surface area contributed by atoms with E-state index in [0.717, 1.165) is 18.2 Å². The lowest BCUT2D eigenvalue weighted by atomic mass is 9.76. The summed E-state index contributed by atoms with van der Waals surface area (Å²) < 4.78 is 27.2. The standard InChI is InChI=1S/C23H22F2/c1-15-2-4-16(5-3-15)17-6-8-18(9-7-17)19-10-12-21-20(14-19)11-13-22(24)23(21)25/h2-5,10-14,17-18H,6-9H2,1H3. The van der Waals surface area contributed by atoms with Crippen LogP contribution in [-0.4, -0.2) is 0 Å². The predicted molar refractivity (Wildman–Crippen MR) is 99.0 cm³/mol. The van der Waals surface area contributed by atoms with Crippen LogP contribution in [0.15, 0.2) is 54.6 Å². The van der Waals surface area contributed by atoms with E-state index in [1.165, 1.54) is 35.6 Å². The Morgan fingerprint density at radius 2 is 1.32 bits per heavy atom. The van der Waals surface area contributed by atoms with E-state index < -0.39 is 11.6 Å². The summed E-state index contributed by atoms with van der Waals surface area (Å²) in [5.41, 5.74) is 4.00. The molecule has 4 rings (SSSR count). The highest BCUT2D eigenvalue weighted by atomic mass is 19.2. The first-order valence-electron chi connectivity index (χ1n) is 9.06. The first kappa shape index (κ1) is 16.3. The van der Waals surface area contributed by atoms with Crippen LogP contribution in [0.3, 0.4) is 0 Å². The maximum Gasteiger partial charge on any atom is 0.166 e. The van der Waals surface area contributed by atoms with Gasteiger partial charge in [0.15, 0.2) is 11.6 Å². The smallest absolute Gasteiger partial charge is 0.166 e. The fourth-order valence-electron chi connectivity index (χ4n) is 4.14. The first-order chi connectivity index (χ1) is 12.1. The minimum atomic E-state index is -0.779. The van der Waals surface area contributed by atoms with Gasteiger partial charge in [0, 0.05) is 5.39 Å². The maximum absolute atomic E-state index is 13.9. The van der Waals surface area contributed by atoms with E-state index in [4.69, 9.17) is 0 Å². The molecule has 0 nitrogen and oxygen atoms in total. The topological polar surface area (TPSA) is 0 Å². The summed E-state index contributed by atoms with van der Waals surface area (Å²) in [7, 11) is 0. The van der Waals surface area contributed by atoms with Crippen molar-refractivity contribution >= 4 is 10.8 Å². The molecule has 0 unspecified atom stereocenters. The van der Waals surface area contributed by atoms with E-state index in [1.807, 2.05) is 12.1 Å². The van der Waals surface area contributed by atoms with Gasteiger partial charge in [-0.3, -0.25) is 0 Å². The highest BCUT2D eigenvalue weighted by Crippen LogP contribution is 2.41. The minimum absolute atomic E-state index is 0.372. The van der Waals surface area contributed by atoms with Crippen LogP contribution in [0.2, 0.25) is 0 Å². The van der Waals surface area contributed by atoms with Crippen molar-refractivity contribution in [3.8, 4) is 0 Å². The largest absolute Gasteiger partial charge is 0.204 e. The van der Waals surface area contributed by atoms with E-state index in [9.17, 15) is 8.78 Å². The molecule has 1 aliphatic rings. The van der Waals surface area contributed by atoms with Crippen molar-refractivity contribution in [2.24, 2.45) is 0 Å². The zero-order valence-electron chi connectivity index (χ0n) is 14.4. The predicted octanol–water partition coefficient (Wildman–Crippen LogP) is 6.87. The molecule has 1 aliphatic carbocycles. The summed E-state index contributed by atoms with van der Waals surface area (Å²) in [4.78, 5) is 0. The van der Waals surface area contributed by atoms with Crippen LogP contribution in [0.25, 0.3) is 10.8 Å². The van der Waals surface area contributed by atoms with E-state index in [2.05, 4.69) is 31.2 Å². The summed E-state index contributed by atoms with van der Waals surface area (Å²) in [5, 5.41) is 1.16. The van der Waals surface area contributed by atoms with Gasteiger partial charge in [-0.25, -0.2) is 8.78 Å². The molecular formula is C23H22F2. The second-order valence-corrected chi connectivity index (χ2v) is 7.30. The Labute approximate surface area is 147 Å². The molecule has 25 heavy (non-hydrogen) atoms. The number of fused-ring (bicyclic) bond motifs is 1. The summed E-state index contributed by atoms with van der Waals surface area (Å²) in [5.74, 6) is -0.367. The molecule has 3 aromatic carbocycles. The normalized spacial score (nSPS) is 20.8. The lowest BCUT2D eigenvalue weighted by molar-refractivity contribution is 0.396. The van der Waals surface area contributed by atoms with Gasteiger partial charge in [-0.15, -0.1) is 0 Å². The third kappa shape index (κ3) is 3.18. The summed E-state index contributed by atoms with van der Waals surface area (Å²) in [6.07, 6.45) is 4.66. The molecule has 0 aliphatic heterocycles. The van der Waals surface area contributed by atoms with Crippen LogP contribution >= 0.6 is 0 Å². The van der Waals surface area contributed by atoms with Gasteiger partial charge < -0.3 is 0 Å². The fraction of sp³-hybridized carbons (Fsp3) is 0.304. The Kier molecular flexibility index (Phi) is 4.29. The fourth-order valence-corrected chi connectivity index (χ4v) is 4.14. The Morgan fingerprint density at radius 1 is 0.720 bits per heavy atom. The average molecular weight is 336 g/mol. The zero-order valence-corrected chi connectivity index (χ0v) is 14.4. The van der Waals surface area contributed by atoms with Crippen molar-refractivity contribution in [2.45, 2.75) is 44.4 Å². The molecule has 0 radical (unpaired) electrons. The molecule has 1 fully saturated rings. The maximum atomic E-state index is 13.9. The van der Waals surface area contributed by atoms with Gasteiger partial charge >= 0.3 is 0 Å². The van der Waals surface area contributed by atoms with Crippen LogP contribution in [0.4, 0.5) is 8.78 Å². The van der Waals surface area contributed by atoms with Crippen LogP contribution in [0.5, 0.6) is 0 Å². The van der Waals surface area contributed by atoms with Crippen molar-refractivity contribution in [1.29, 1.82) is 0 Å². The molecule has 0 N–H and O–H groups in total. The first-order valence-corrected chi connectivity index (χ1v) is 9.06. The molecule has 0 spiro atoms. The lowest BCUT2D eigenvalue weighted by Gasteiger charge is -2.29. The molecule has 128 valence electrons. The highest BCUT2D eigenvalue weighted by Gasteiger charge is 2.23. The van der Waals surface area contributed by atoms with E-state index in [0.29, 0.717) is 17.2 Å². The van der Waals surface area contributed by atoms with Crippen LogP contribution in [0.1, 0.15) is 54.2 Å². The van der Waals surface area contributed by atoms with Gasteiger partial charge in [0.1, 0.15) is 0 Å². The van der Waals surface area contributed by atoms with E-state index >= 15 is 0 Å². The molecule has 0 aromatic heterocycles. The average Bonchev–Trinajstić information content (AvgIpc) is 2.65. The Balaban J connectivity index is 1.51. The molecular weight excluding hydrogens is 314 g/mol. The third-order valence-electron chi connectivity index (χ3n) is 5.68. The number of hydrogen-bond acceptors (Lipinski definition) is 0. The van der Waals surface area contributed by atoms with Crippen molar-refractivity contribution in [3.05, 3.63) is 82.9 Å². The van der Waals surface area contributed by atoms with Gasteiger partial charge in [0.05, 0.1) is 0 Å². The lowest BCUT2D eigenvalue weighted by Crippen LogP contribution is -2.12. The number of benzene rings is 3. The molecule has 3 aromatic rings. The zero-order chi connectivity index (χ0) is 17.4. The van der Waals surface area contributed by atoms with E-state index in [-0.39, 0.29) is 0 Å². The third-order valence-corrected chi connectivity index (χ3v) is 5.68. The summed E-state index contributed by atoms with van der Waals surface area (Å²) in [6.45, 7) is 2.12. The van der Waals surface area contributed by atoms with Crippen molar-refractivity contribution in [3.63, 3.8) is 0 Å². The summed E-state index contributed by atoms with van der Waals surface area (Å²) >= 11 is 0. The second-order valence-electron chi connectivity index (χ2n) is 7.30. The molecule has 0 amide bonds. The molecule has 2 heteroatoms. The molecule has 0 atom stereocenters. The Hall–Kier alpha value is -2.22. The molecule has 1 saturated carbocycles. The van der Waals surface area contributed by atoms with E-state index in [1.54, 1.807) is 12.1 Å². The van der Waals surface area contributed by atoms with Crippen molar-refractivity contribution < 1.29 is 8.78 Å². The Morgan fingerprint density at radius 3 is 2.00 bits per heavy atom. The molecule has 0 heterocycles. The molecule has 0 bridgehead atoms. The monoisotopic (exact) mass is 336 g/mol. The quantitative estimate of drug-likeness (QED) is 0.479. The number of aryl methyl sites for hydroxylation is 1. The van der Waals surface area contributed by atoms with Gasteiger partial charge in [0.2, 0.25) is 0 Å². The van der Waals surface area contributed by atoms with Gasteiger partial charge in [-0.2, -0.15) is 0 Å². The summed E-state index contributed by atoms with van der Waals surface area (Å²) in [6, 6.07) is 17.5. The van der Waals surface area contributed by atoms with Crippen LogP contribution in [-0.2, 0) is 0 Å². The highest BCUT2D eigenvalue weighted by molar-refractivity contribution is 5.84. The second kappa shape index (κ2) is 6.59. The number of rotatable bonds is 2. The van der Waals surface area contributed by atoms with Crippen LogP contribution in [0, 0.1) is 18.6 Å². The number of hydrogen-bond donors (Lipinski definition) is 0. The van der Waals surface area contributed by atoms with Gasteiger partial charge in [-0.05, 0) is 67.0 Å². The number of halogens is 2. The van der Waals surface area contributed by atoms with Crippen LogP contribution < -0.4 is 0 Å². The van der Waals surface area contributed by atoms with Crippen molar-refractivity contribution in [2.75, 3.05) is 0 Å². The van der Waals surface area contributed by atoms with Crippen molar-refractivity contribution in [1.82, 2.24) is 0 Å². The van der Waals surface area contributed by atoms with Gasteiger partial charge in [0.25, 0.3) is 0 Å².